The second kappa shape index (κ2) is 7.20. The van der Waals surface area contributed by atoms with Gasteiger partial charge in [0, 0.05) is 11.9 Å². The minimum absolute atomic E-state index is 0.0102. The first-order chi connectivity index (χ1) is 9.03. The van der Waals surface area contributed by atoms with Crippen molar-refractivity contribution in [2.45, 2.75) is 32.9 Å². The number of nitrogens with two attached hydrogens (primary N) is 1. The molecule has 1 rings (SSSR count). The SMILES string of the molecule is CC[C@H](C)[C@H](NC(=O)c1csc(CN)n1)C(=O)OC. The third-order valence-corrected chi connectivity index (χ3v) is 3.78. The summed E-state index contributed by atoms with van der Waals surface area (Å²) in [4.78, 5) is 27.8. The van der Waals surface area contributed by atoms with Crippen LogP contribution in [0.3, 0.4) is 0 Å². The normalized spacial score (nSPS) is 13.7. The summed E-state index contributed by atoms with van der Waals surface area (Å²) < 4.78 is 4.71. The molecule has 6 nitrogen and oxygen atoms in total. The summed E-state index contributed by atoms with van der Waals surface area (Å²) in [6.07, 6.45) is 0.755. The Hall–Kier alpha value is -1.47. The molecule has 0 radical (unpaired) electrons. The molecule has 3 N–H and O–H groups in total. The highest BCUT2D eigenvalue weighted by molar-refractivity contribution is 7.09. The Bertz CT molecular complexity index is 447. The third kappa shape index (κ3) is 4.00. The molecule has 0 unspecified atom stereocenters. The second-order valence-corrected chi connectivity index (χ2v) is 5.13. The van der Waals surface area contributed by atoms with E-state index < -0.39 is 12.0 Å². The molecule has 0 aliphatic rings. The second-order valence-electron chi connectivity index (χ2n) is 4.19. The fourth-order valence-electron chi connectivity index (χ4n) is 1.52. The summed E-state index contributed by atoms with van der Waals surface area (Å²) >= 11 is 1.32. The first-order valence-electron chi connectivity index (χ1n) is 6.06. The molecule has 0 spiro atoms. The number of rotatable bonds is 6. The molecule has 1 amide bonds. The monoisotopic (exact) mass is 285 g/mol. The van der Waals surface area contributed by atoms with E-state index in [0.717, 1.165) is 6.42 Å². The maximum absolute atomic E-state index is 12.0. The minimum Gasteiger partial charge on any atom is -0.467 e. The standard InChI is InChI=1S/C12H19N3O3S/c1-4-7(2)10(12(17)18-3)15-11(16)8-6-19-9(5-13)14-8/h6-7,10H,4-5,13H2,1-3H3,(H,15,16)/t7-,10-/m0/s1. The average molecular weight is 285 g/mol. The molecule has 2 atom stereocenters. The quantitative estimate of drug-likeness (QED) is 0.758. The maximum atomic E-state index is 12.0. The number of hydrogen-bond donors (Lipinski definition) is 2. The van der Waals surface area contributed by atoms with Crippen molar-refractivity contribution in [1.29, 1.82) is 0 Å². The Morgan fingerprint density at radius 1 is 1.58 bits per heavy atom. The summed E-state index contributed by atoms with van der Waals surface area (Å²) in [5, 5.41) is 4.97. The van der Waals surface area contributed by atoms with Crippen LogP contribution in [-0.4, -0.2) is 30.0 Å². The van der Waals surface area contributed by atoms with E-state index in [0.29, 0.717) is 11.6 Å². The molecule has 0 saturated carbocycles. The van der Waals surface area contributed by atoms with Gasteiger partial charge >= 0.3 is 5.97 Å². The zero-order valence-electron chi connectivity index (χ0n) is 11.3. The average Bonchev–Trinajstić information content (AvgIpc) is 2.91. The van der Waals surface area contributed by atoms with E-state index in [-0.39, 0.29) is 17.5 Å². The molecule has 0 saturated heterocycles. The molecular formula is C12H19N3O3S. The number of thiazole rings is 1. The molecule has 19 heavy (non-hydrogen) atoms. The van der Waals surface area contributed by atoms with Crippen LogP contribution in [0.5, 0.6) is 0 Å². The van der Waals surface area contributed by atoms with Gasteiger partial charge in [-0.3, -0.25) is 4.79 Å². The number of nitrogens with one attached hydrogen (secondary N) is 1. The number of hydrogen-bond acceptors (Lipinski definition) is 6. The van der Waals surface area contributed by atoms with Crippen molar-refractivity contribution in [1.82, 2.24) is 10.3 Å². The van der Waals surface area contributed by atoms with Crippen LogP contribution in [0.4, 0.5) is 0 Å². The van der Waals surface area contributed by atoms with Crippen molar-refractivity contribution < 1.29 is 14.3 Å². The molecule has 1 heterocycles. The van der Waals surface area contributed by atoms with Crippen LogP contribution in [0.1, 0.15) is 35.8 Å². The zero-order valence-corrected chi connectivity index (χ0v) is 12.1. The van der Waals surface area contributed by atoms with Crippen LogP contribution < -0.4 is 11.1 Å². The molecule has 1 aromatic heterocycles. The largest absolute Gasteiger partial charge is 0.467 e. The van der Waals surface area contributed by atoms with Gasteiger partial charge in [-0.05, 0) is 5.92 Å². The Labute approximate surface area is 116 Å². The van der Waals surface area contributed by atoms with Gasteiger partial charge < -0.3 is 15.8 Å². The van der Waals surface area contributed by atoms with Gasteiger partial charge in [-0.2, -0.15) is 0 Å². The van der Waals surface area contributed by atoms with Gasteiger partial charge in [0.25, 0.3) is 5.91 Å². The molecular weight excluding hydrogens is 266 g/mol. The molecule has 0 bridgehead atoms. The summed E-state index contributed by atoms with van der Waals surface area (Å²) in [7, 11) is 1.30. The molecule has 0 aliphatic heterocycles. The summed E-state index contributed by atoms with van der Waals surface area (Å²) in [6, 6.07) is -0.662. The number of aromatic nitrogens is 1. The Morgan fingerprint density at radius 2 is 2.26 bits per heavy atom. The molecule has 0 aromatic carbocycles. The van der Waals surface area contributed by atoms with Gasteiger partial charge in [0.1, 0.15) is 16.7 Å². The van der Waals surface area contributed by atoms with Crippen molar-refractivity contribution in [3.63, 3.8) is 0 Å². The van der Waals surface area contributed by atoms with E-state index in [2.05, 4.69) is 10.3 Å². The fourth-order valence-corrected chi connectivity index (χ4v) is 2.17. The highest BCUT2D eigenvalue weighted by Gasteiger charge is 2.27. The first-order valence-corrected chi connectivity index (χ1v) is 6.94. The van der Waals surface area contributed by atoms with E-state index in [1.54, 1.807) is 5.38 Å². The predicted molar refractivity (Wildman–Crippen MR) is 72.7 cm³/mol. The third-order valence-electron chi connectivity index (χ3n) is 2.91. The van der Waals surface area contributed by atoms with Crippen LogP contribution in [0.15, 0.2) is 5.38 Å². The number of carbonyl (C=O) groups excluding carboxylic acids is 2. The van der Waals surface area contributed by atoms with Gasteiger partial charge in [0.15, 0.2) is 0 Å². The smallest absolute Gasteiger partial charge is 0.328 e. The molecule has 0 aliphatic carbocycles. The van der Waals surface area contributed by atoms with Gasteiger partial charge in [-0.15, -0.1) is 11.3 Å². The van der Waals surface area contributed by atoms with Gasteiger partial charge in [0.2, 0.25) is 0 Å². The fraction of sp³-hybridized carbons (Fsp3) is 0.583. The van der Waals surface area contributed by atoms with Crippen molar-refractivity contribution in [3.8, 4) is 0 Å². The number of amides is 1. The van der Waals surface area contributed by atoms with E-state index in [9.17, 15) is 9.59 Å². The number of esters is 1. The van der Waals surface area contributed by atoms with Crippen molar-refractivity contribution >= 4 is 23.2 Å². The molecule has 106 valence electrons. The van der Waals surface area contributed by atoms with Crippen molar-refractivity contribution in [2.24, 2.45) is 11.7 Å². The Morgan fingerprint density at radius 3 is 2.74 bits per heavy atom. The lowest BCUT2D eigenvalue weighted by Crippen LogP contribution is -2.45. The zero-order chi connectivity index (χ0) is 14.4. The van der Waals surface area contributed by atoms with Gasteiger partial charge in [-0.25, -0.2) is 9.78 Å². The highest BCUT2D eigenvalue weighted by atomic mass is 32.1. The van der Waals surface area contributed by atoms with E-state index in [4.69, 9.17) is 10.5 Å². The minimum atomic E-state index is -0.662. The van der Waals surface area contributed by atoms with Crippen LogP contribution in [0.25, 0.3) is 0 Å². The molecule has 0 fully saturated rings. The van der Waals surface area contributed by atoms with Gasteiger partial charge in [-0.1, -0.05) is 20.3 Å². The number of methoxy groups -OCH3 is 1. The summed E-state index contributed by atoms with van der Waals surface area (Å²) in [6.45, 7) is 4.13. The van der Waals surface area contributed by atoms with Crippen molar-refractivity contribution in [3.05, 3.63) is 16.1 Å². The highest BCUT2D eigenvalue weighted by Crippen LogP contribution is 2.12. The Balaban J connectivity index is 2.78. The topological polar surface area (TPSA) is 94.3 Å². The van der Waals surface area contributed by atoms with Crippen molar-refractivity contribution in [2.75, 3.05) is 7.11 Å². The van der Waals surface area contributed by atoms with E-state index in [1.807, 2.05) is 13.8 Å². The number of ether oxygens (including phenoxy) is 1. The summed E-state index contributed by atoms with van der Waals surface area (Å²) in [5.41, 5.74) is 5.73. The summed E-state index contributed by atoms with van der Waals surface area (Å²) in [5.74, 6) is -0.840. The van der Waals surface area contributed by atoms with Gasteiger partial charge in [0.05, 0.1) is 7.11 Å². The Kier molecular flexibility index (Phi) is 5.91. The van der Waals surface area contributed by atoms with Crippen LogP contribution in [0, 0.1) is 5.92 Å². The lowest BCUT2D eigenvalue weighted by atomic mass is 9.99. The lowest BCUT2D eigenvalue weighted by molar-refractivity contribution is -0.144. The molecule has 7 heteroatoms. The van der Waals surface area contributed by atoms with Crippen LogP contribution in [-0.2, 0) is 16.1 Å². The van der Waals surface area contributed by atoms with E-state index in [1.165, 1.54) is 18.4 Å². The lowest BCUT2D eigenvalue weighted by Gasteiger charge is -2.21. The first kappa shape index (κ1) is 15.6. The molecule has 1 aromatic rings. The number of nitrogens with zero attached hydrogens (tertiary/aromatic N) is 1. The van der Waals surface area contributed by atoms with Crippen LogP contribution >= 0.6 is 11.3 Å². The van der Waals surface area contributed by atoms with Crippen LogP contribution in [0.2, 0.25) is 0 Å². The maximum Gasteiger partial charge on any atom is 0.328 e. The predicted octanol–water partition coefficient (Wildman–Crippen LogP) is 0.919. The van der Waals surface area contributed by atoms with E-state index >= 15 is 0 Å². The number of carbonyl (C=O) groups is 2.